The normalized spacial score (nSPS) is 15.5. The third-order valence-corrected chi connectivity index (χ3v) is 4.75. The Balaban J connectivity index is 3.11. The van der Waals surface area contributed by atoms with E-state index < -0.39 is 33.6 Å². The van der Waals surface area contributed by atoms with Gasteiger partial charge in [0.25, 0.3) is 0 Å². The van der Waals surface area contributed by atoms with Crippen molar-refractivity contribution in [2.45, 2.75) is 18.3 Å². The first kappa shape index (κ1) is 14.1. The number of hydrogen-bond donors (Lipinski definition) is 2. The van der Waals surface area contributed by atoms with E-state index in [9.17, 15) is 17.9 Å². The summed E-state index contributed by atoms with van der Waals surface area (Å²) in [6.07, 6.45) is -1.56. The van der Waals surface area contributed by atoms with Crippen LogP contribution in [0.1, 0.15) is 18.6 Å². The summed E-state index contributed by atoms with van der Waals surface area (Å²) in [4.78, 5) is 0. The summed E-state index contributed by atoms with van der Waals surface area (Å²) in [5, 5.41) is 17.5. The van der Waals surface area contributed by atoms with Gasteiger partial charge < -0.3 is 10.2 Å². The number of rotatable bonds is 5. The molecule has 0 fully saturated rings. The van der Waals surface area contributed by atoms with Crippen LogP contribution in [0.4, 0.5) is 4.39 Å². The molecule has 0 aliphatic rings. The van der Waals surface area contributed by atoms with Crippen LogP contribution in [-0.2, 0) is 9.84 Å². The van der Waals surface area contributed by atoms with Gasteiger partial charge in [-0.25, -0.2) is 12.8 Å². The van der Waals surface area contributed by atoms with Crippen LogP contribution < -0.4 is 0 Å². The number of halogens is 1. The molecular formula is C11H15FO4S. The molecule has 6 heteroatoms. The molecule has 1 aromatic carbocycles. The smallest absolute Gasteiger partial charge is 0.158 e. The first-order chi connectivity index (χ1) is 7.94. The van der Waals surface area contributed by atoms with E-state index in [0.717, 1.165) is 6.07 Å². The Morgan fingerprint density at radius 1 is 1.35 bits per heavy atom. The molecule has 0 saturated carbocycles. The lowest BCUT2D eigenvalue weighted by atomic mass is 10.1. The molecule has 2 N–H and O–H groups in total. The van der Waals surface area contributed by atoms with Crippen LogP contribution in [0.15, 0.2) is 24.3 Å². The van der Waals surface area contributed by atoms with Crippen LogP contribution in [0.2, 0.25) is 0 Å². The van der Waals surface area contributed by atoms with Crippen molar-refractivity contribution in [3.05, 3.63) is 35.6 Å². The molecule has 0 saturated heterocycles. The zero-order valence-corrected chi connectivity index (χ0v) is 10.2. The zero-order valence-electron chi connectivity index (χ0n) is 9.38. The summed E-state index contributed by atoms with van der Waals surface area (Å²) in [6.45, 7) is 0.664. The van der Waals surface area contributed by atoms with Gasteiger partial charge in [0.1, 0.15) is 17.2 Å². The van der Waals surface area contributed by atoms with Crippen LogP contribution in [-0.4, -0.2) is 36.2 Å². The van der Waals surface area contributed by atoms with Crippen LogP contribution in [0.25, 0.3) is 0 Å². The molecule has 0 aliphatic carbocycles. The highest BCUT2D eigenvalue weighted by Crippen LogP contribution is 2.24. The number of aliphatic hydroxyl groups is 2. The summed E-state index contributed by atoms with van der Waals surface area (Å²) in [5.41, 5.74) is -0.122. The summed E-state index contributed by atoms with van der Waals surface area (Å²) >= 11 is 0. The molecule has 0 spiro atoms. The Morgan fingerprint density at radius 3 is 2.41 bits per heavy atom. The molecule has 17 heavy (non-hydrogen) atoms. The average molecular weight is 262 g/mol. The molecule has 0 amide bonds. The van der Waals surface area contributed by atoms with Gasteiger partial charge in [0, 0.05) is 11.3 Å². The van der Waals surface area contributed by atoms with Crippen LogP contribution in [0.3, 0.4) is 0 Å². The van der Waals surface area contributed by atoms with Gasteiger partial charge >= 0.3 is 0 Å². The summed E-state index contributed by atoms with van der Waals surface area (Å²) in [7, 11) is -3.64. The highest BCUT2D eigenvalue weighted by Gasteiger charge is 2.32. The Hall–Kier alpha value is -0.980. The van der Waals surface area contributed by atoms with Gasteiger partial charge in [-0.15, -0.1) is 0 Å². The Bertz CT molecular complexity index is 472. The zero-order chi connectivity index (χ0) is 13.1. The SMILES string of the molecule is CCS(=O)(=O)[C@@H](CO)[C@@H](O)c1ccccc1F. The molecular weight excluding hydrogens is 247 g/mol. The van der Waals surface area contributed by atoms with E-state index in [1.807, 2.05) is 0 Å². The fourth-order valence-corrected chi connectivity index (χ4v) is 2.73. The molecule has 0 aliphatic heterocycles. The van der Waals surface area contributed by atoms with Gasteiger partial charge in [0.05, 0.1) is 6.61 Å². The van der Waals surface area contributed by atoms with Crippen molar-refractivity contribution in [1.82, 2.24) is 0 Å². The van der Waals surface area contributed by atoms with Gasteiger partial charge in [-0.3, -0.25) is 0 Å². The second-order valence-electron chi connectivity index (χ2n) is 3.64. The second kappa shape index (κ2) is 5.57. The van der Waals surface area contributed by atoms with E-state index in [1.165, 1.54) is 25.1 Å². The van der Waals surface area contributed by atoms with Crippen molar-refractivity contribution in [1.29, 1.82) is 0 Å². The number of sulfone groups is 1. The Morgan fingerprint density at radius 2 is 1.94 bits per heavy atom. The minimum atomic E-state index is -3.64. The Labute approximate surface area is 99.6 Å². The van der Waals surface area contributed by atoms with Crippen molar-refractivity contribution in [3.63, 3.8) is 0 Å². The average Bonchev–Trinajstić information content (AvgIpc) is 2.30. The molecule has 0 unspecified atom stereocenters. The minimum Gasteiger partial charge on any atom is -0.395 e. The summed E-state index contributed by atoms with van der Waals surface area (Å²) in [6, 6.07) is 5.36. The van der Waals surface area contributed by atoms with Gasteiger partial charge in [-0.2, -0.15) is 0 Å². The largest absolute Gasteiger partial charge is 0.395 e. The lowest BCUT2D eigenvalue weighted by Gasteiger charge is -2.21. The van der Waals surface area contributed by atoms with E-state index >= 15 is 0 Å². The molecule has 0 heterocycles. The van der Waals surface area contributed by atoms with E-state index in [-0.39, 0.29) is 11.3 Å². The predicted octanol–water partition coefficient (Wildman–Crippen LogP) is 0.655. The highest BCUT2D eigenvalue weighted by molar-refractivity contribution is 7.92. The molecule has 4 nitrogen and oxygen atoms in total. The number of aliphatic hydroxyl groups excluding tert-OH is 2. The van der Waals surface area contributed by atoms with Crippen LogP contribution >= 0.6 is 0 Å². The van der Waals surface area contributed by atoms with Crippen molar-refractivity contribution >= 4 is 9.84 Å². The summed E-state index contributed by atoms with van der Waals surface area (Å²) in [5.74, 6) is -0.909. The minimum absolute atomic E-state index is 0.122. The van der Waals surface area contributed by atoms with Gasteiger partial charge in [-0.05, 0) is 6.07 Å². The van der Waals surface area contributed by atoms with Crippen LogP contribution in [0, 0.1) is 5.82 Å². The Kier molecular flexibility index (Phi) is 4.62. The summed E-state index contributed by atoms with van der Waals surface area (Å²) < 4.78 is 36.6. The molecule has 0 radical (unpaired) electrons. The van der Waals surface area contributed by atoms with E-state index in [4.69, 9.17) is 5.11 Å². The van der Waals surface area contributed by atoms with Crippen LogP contribution in [0.5, 0.6) is 0 Å². The fraction of sp³-hybridized carbons (Fsp3) is 0.455. The number of benzene rings is 1. The first-order valence-electron chi connectivity index (χ1n) is 5.19. The molecule has 1 aromatic rings. The number of hydrogen-bond acceptors (Lipinski definition) is 4. The molecule has 1 rings (SSSR count). The van der Waals surface area contributed by atoms with Crippen molar-refractivity contribution < 1.29 is 23.0 Å². The van der Waals surface area contributed by atoms with Gasteiger partial charge in [-0.1, -0.05) is 25.1 Å². The van der Waals surface area contributed by atoms with E-state index in [1.54, 1.807) is 0 Å². The van der Waals surface area contributed by atoms with Gasteiger partial charge in [0.2, 0.25) is 0 Å². The topological polar surface area (TPSA) is 74.6 Å². The van der Waals surface area contributed by atoms with Crippen molar-refractivity contribution in [2.24, 2.45) is 0 Å². The molecule has 96 valence electrons. The molecule has 0 bridgehead atoms. The monoisotopic (exact) mass is 262 g/mol. The third-order valence-electron chi connectivity index (χ3n) is 2.62. The van der Waals surface area contributed by atoms with Gasteiger partial charge in [0.15, 0.2) is 9.84 Å². The maximum Gasteiger partial charge on any atom is 0.158 e. The fourth-order valence-electron chi connectivity index (χ4n) is 1.54. The molecule has 0 aromatic heterocycles. The first-order valence-corrected chi connectivity index (χ1v) is 6.90. The third kappa shape index (κ3) is 3.02. The highest BCUT2D eigenvalue weighted by atomic mass is 32.2. The predicted molar refractivity (Wildman–Crippen MR) is 61.7 cm³/mol. The standard InChI is InChI=1S/C11H15FO4S/c1-2-17(15,16)10(7-13)11(14)8-5-3-4-6-9(8)12/h3-6,10-11,13-14H,2,7H2,1H3/t10-,11-/m0/s1. The quantitative estimate of drug-likeness (QED) is 0.817. The van der Waals surface area contributed by atoms with E-state index in [2.05, 4.69) is 0 Å². The molecule has 2 atom stereocenters. The van der Waals surface area contributed by atoms with Crippen molar-refractivity contribution in [2.75, 3.05) is 12.4 Å². The maximum absolute atomic E-state index is 13.4. The van der Waals surface area contributed by atoms with Crippen molar-refractivity contribution in [3.8, 4) is 0 Å². The lowest BCUT2D eigenvalue weighted by molar-refractivity contribution is 0.134. The lowest BCUT2D eigenvalue weighted by Crippen LogP contribution is -2.33. The second-order valence-corrected chi connectivity index (χ2v) is 6.15. The van der Waals surface area contributed by atoms with E-state index in [0.29, 0.717) is 0 Å². The maximum atomic E-state index is 13.4.